The molecule has 1 aromatic rings. The van der Waals surface area contributed by atoms with Gasteiger partial charge in [0.25, 0.3) is 0 Å². The minimum absolute atomic E-state index is 0.0198. The summed E-state index contributed by atoms with van der Waals surface area (Å²) >= 11 is 0. The van der Waals surface area contributed by atoms with Gasteiger partial charge in [0.2, 0.25) is 5.91 Å². The Balaban J connectivity index is 1.16. The molecule has 6 aliphatic carbocycles. The molecule has 6 fully saturated rings. The summed E-state index contributed by atoms with van der Waals surface area (Å²) in [4.78, 5) is 34.1. The zero-order chi connectivity index (χ0) is 52.7. The fourth-order valence-corrected chi connectivity index (χ4v) is 22.3. The van der Waals surface area contributed by atoms with Crippen molar-refractivity contribution in [1.29, 1.82) is 0 Å². The Kier molecular flexibility index (Phi) is 13.6. The van der Waals surface area contributed by atoms with Gasteiger partial charge in [0.1, 0.15) is 28.5 Å². The number of amides is 1. The van der Waals surface area contributed by atoms with E-state index in [-0.39, 0.29) is 67.8 Å². The molecule has 406 valence electrons. The first kappa shape index (κ1) is 53.5. The van der Waals surface area contributed by atoms with E-state index in [2.05, 4.69) is 45.6 Å². The Morgan fingerprint density at radius 1 is 0.973 bits per heavy atom. The quantitative estimate of drug-likeness (QED) is 0.0439. The number of aliphatic hydroxyl groups excluding tert-OH is 5. The molecule has 2 saturated heterocycles. The van der Waals surface area contributed by atoms with Gasteiger partial charge in [0.05, 0.1) is 47.3 Å². The number of anilines is 1. The molecule has 1 aromatic carbocycles. The lowest BCUT2D eigenvalue weighted by Gasteiger charge is -2.69. The van der Waals surface area contributed by atoms with Crippen LogP contribution in [0.2, 0.25) is 0 Å². The van der Waals surface area contributed by atoms with E-state index >= 15 is 9.59 Å². The summed E-state index contributed by atoms with van der Waals surface area (Å²) in [6, 6.07) is 5.32. The van der Waals surface area contributed by atoms with Gasteiger partial charge in [-0.3, -0.25) is 9.59 Å². The van der Waals surface area contributed by atoms with Crippen LogP contribution in [0.25, 0.3) is 0 Å². The highest BCUT2D eigenvalue weighted by Gasteiger charge is 2.80. The fourth-order valence-electron chi connectivity index (χ4n) is 18.7. The fraction of sp³-hybridized carbons (Fsp3) is 0.763. The number of fused-ring (bicyclic) bond motifs is 1. The predicted octanol–water partition coefficient (Wildman–Crippen LogP) is 6.23. The van der Waals surface area contributed by atoms with Crippen LogP contribution in [-0.4, -0.2) is 129 Å². The van der Waals surface area contributed by atoms with Gasteiger partial charge < -0.3 is 55.6 Å². The summed E-state index contributed by atoms with van der Waals surface area (Å²) in [5.74, 6) is 1.75. The van der Waals surface area contributed by atoms with Crippen molar-refractivity contribution < 1.29 is 60.3 Å². The van der Waals surface area contributed by atoms with Crippen molar-refractivity contribution in [1.82, 2.24) is 0 Å². The second kappa shape index (κ2) is 18.8. The number of phenols is 1. The molecule has 0 aromatic heterocycles. The zero-order valence-electron chi connectivity index (χ0n) is 43.9. The minimum atomic E-state index is -2.18. The molecular weight excluding hydrogens is 979 g/mol. The largest absolute Gasteiger partial charge is 0.508 e. The van der Waals surface area contributed by atoms with Crippen molar-refractivity contribution in [3.8, 4) is 17.6 Å². The number of hydrogen-bond acceptors (Lipinski definition) is 14. The van der Waals surface area contributed by atoms with Crippen LogP contribution < -0.4 is 4.90 Å². The van der Waals surface area contributed by atoms with Gasteiger partial charge in [0, 0.05) is 47.9 Å². The van der Waals surface area contributed by atoms with Crippen LogP contribution in [0, 0.1) is 86.8 Å². The summed E-state index contributed by atoms with van der Waals surface area (Å²) in [5, 5.41) is 112. The van der Waals surface area contributed by atoms with Gasteiger partial charge in [-0.15, -0.1) is 5.92 Å². The molecule has 13 nitrogen and oxygen atoms in total. The van der Waals surface area contributed by atoms with E-state index in [4.69, 9.17) is 4.74 Å². The predicted molar refractivity (Wildman–Crippen MR) is 283 cm³/mol. The van der Waals surface area contributed by atoms with Gasteiger partial charge >= 0.3 is 0 Å². The van der Waals surface area contributed by atoms with Crippen molar-refractivity contribution in [2.24, 2.45) is 74.9 Å². The van der Waals surface area contributed by atoms with Crippen molar-refractivity contribution in [3.63, 3.8) is 0 Å². The normalized spacial score (nSPS) is 48.5. The molecule has 21 atom stereocenters. The first-order valence-electron chi connectivity index (χ1n) is 28.2. The lowest BCUT2D eigenvalue weighted by Crippen LogP contribution is -2.75. The van der Waals surface area contributed by atoms with Gasteiger partial charge in [-0.2, -0.15) is 0 Å². The van der Waals surface area contributed by atoms with E-state index in [9.17, 15) is 46.0 Å². The van der Waals surface area contributed by atoms with Crippen LogP contribution >= 0.6 is 21.6 Å². The number of rotatable bonds is 9. The van der Waals surface area contributed by atoms with Crippen LogP contribution in [0.3, 0.4) is 0 Å². The van der Waals surface area contributed by atoms with E-state index < -0.39 is 115 Å². The number of unbranched alkanes of at least 4 members (excludes halogenated alkanes) is 2. The number of ether oxygens (including phenoxy) is 1. The Bertz CT molecular complexity index is 2530. The monoisotopic (exact) mass is 1060 g/mol. The van der Waals surface area contributed by atoms with Crippen molar-refractivity contribution in [2.75, 3.05) is 24.7 Å². The second-order valence-corrected chi connectivity index (χ2v) is 28.2. The molecule has 9 bridgehead atoms. The van der Waals surface area contributed by atoms with Crippen LogP contribution in [-0.2, 0) is 20.7 Å². The number of nitrogens with zero attached hydrogens (tertiary/aromatic N) is 1. The van der Waals surface area contributed by atoms with E-state index in [1.54, 1.807) is 17.0 Å². The topological polar surface area (TPSA) is 232 Å². The third-order valence-electron chi connectivity index (χ3n) is 22.4. The minimum Gasteiger partial charge on any atom is -0.508 e. The Morgan fingerprint density at radius 3 is 2.49 bits per heavy atom. The lowest BCUT2D eigenvalue weighted by atomic mass is 9.36. The number of epoxide rings is 1. The van der Waals surface area contributed by atoms with Crippen LogP contribution in [0.4, 0.5) is 5.69 Å². The van der Waals surface area contributed by atoms with Gasteiger partial charge in [-0.25, -0.2) is 0 Å². The number of phenolic OH excluding ortho intramolecular Hbond substituents is 1. The number of aliphatic hydroxyl groups is 8. The molecule has 6 heterocycles. The van der Waals surface area contributed by atoms with Gasteiger partial charge in [0.15, 0.2) is 5.78 Å². The maximum Gasteiger partial charge on any atom is 0.234 e. The number of carbonyl (C=O) groups is 2. The number of carbonyl (C=O) groups excluding carboxylic acids is 2. The Morgan fingerprint density at radius 2 is 1.76 bits per heavy atom. The molecule has 12 aliphatic rings. The lowest BCUT2D eigenvalue weighted by molar-refractivity contribution is -0.249. The van der Waals surface area contributed by atoms with Crippen LogP contribution in [0.1, 0.15) is 130 Å². The molecule has 6 aliphatic heterocycles. The molecule has 4 saturated carbocycles. The smallest absolute Gasteiger partial charge is 0.234 e. The third kappa shape index (κ3) is 7.16. The zero-order valence-corrected chi connectivity index (χ0v) is 45.5. The van der Waals surface area contributed by atoms with Crippen molar-refractivity contribution in [3.05, 3.63) is 47.6 Å². The maximum atomic E-state index is 16.2. The number of aromatic hydroxyl groups is 1. The van der Waals surface area contributed by atoms with E-state index in [1.807, 2.05) is 19.1 Å². The third-order valence-corrected chi connectivity index (χ3v) is 25.5. The molecular formula is C59H81NO12S2. The molecule has 13 rings (SSSR count). The highest BCUT2D eigenvalue weighted by atomic mass is 33.1. The number of hydrogen-bond donors (Lipinski definition) is 9. The molecule has 9 N–H and O–H groups in total. The Labute approximate surface area is 444 Å². The first-order valence-corrected chi connectivity index (χ1v) is 30.4. The Hall–Kier alpha value is -2.46. The van der Waals surface area contributed by atoms with Crippen LogP contribution in [0.5, 0.6) is 5.75 Å². The summed E-state index contributed by atoms with van der Waals surface area (Å²) in [6.07, 6.45) is 8.74. The van der Waals surface area contributed by atoms with Crippen molar-refractivity contribution in [2.45, 2.75) is 183 Å². The average molecular weight is 1060 g/mol. The number of ketones is 1. The molecule has 0 radical (unpaired) electrons. The van der Waals surface area contributed by atoms with Crippen molar-refractivity contribution >= 4 is 39.0 Å². The number of aryl methyl sites for hydroxylation is 1. The molecule has 74 heavy (non-hydrogen) atoms. The number of benzene rings is 1. The molecule has 15 heteroatoms. The standard InChI is InChI=1S/C59H81NO12S2/c1-6-7-8-12-36-28-60-38-23-34(24-39(63)26-38)18-21-55-35-14-11-20-56(70,50-47(72-50)33(4)32(2)3)45(55)19-22-57(55,71)43-27-46(65)59-41(49(66)54(69,31-62)30-53(59,5)42(43)25-35)16-10-17-44(64)48(73-74-52(59)68)40-15-9-13-37(29-61)58(36,40)51(60)67/h11,14,23-24,26-27,32-33,35-37,40-42,44-45,47-50,52,61-64,66,68-71H,6-9,12-13,15,17-22,25,28-31H2,1-5H3/t33-,35-,36-,37-,40-,41+,42+,44-,45+,47+,48+,49-,50-,52+,53-,54-,55-,56-,57-,58+,59+/m1/s1. The van der Waals surface area contributed by atoms with E-state index in [1.165, 1.54) is 16.9 Å². The summed E-state index contributed by atoms with van der Waals surface area (Å²) in [5.41, 5.74) is -10.8. The first-order chi connectivity index (χ1) is 35.2. The maximum absolute atomic E-state index is 16.2. The number of allylic oxidation sites excluding steroid dienone is 2. The second-order valence-electron chi connectivity index (χ2n) is 25.7. The average Bonchev–Trinajstić information content (AvgIpc) is 4.07. The summed E-state index contributed by atoms with van der Waals surface area (Å²) in [6.45, 7) is 9.66. The SMILES string of the molecule is CCCCC[C@@H]1CN2C(=O)[C@]13[C@@H](CO)CCC[C@@H]3[C@@H]1SS[C@H](O)[C@]34C(=O)C=C5[C@H](C[C@H]6C=CC[C@](O)([C@@H]7O[C@H]7[C@H](C)C(C)C)[C@H]7CC[C@]5(O)[C@]67CCc5cc(O)cc2c5)[C@@]3(C)C[C@@](O)(CO)[C@H](O)[C@@H]4C#CC[C@H]1O. The highest BCUT2D eigenvalue weighted by Crippen LogP contribution is 2.77. The van der Waals surface area contributed by atoms with Crippen LogP contribution in [0.15, 0.2) is 42.0 Å². The van der Waals surface area contributed by atoms with Gasteiger partial charge in [-0.1, -0.05) is 100.0 Å². The van der Waals surface area contributed by atoms with E-state index in [0.29, 0.717) is 69.2 Å². The highest BCUT2D eigenvalue weighted by molar-refractivity contribution is 8.77. The molecule has 3 spiro atoms. The van der Waals surface area contributed by atoms with Gasteiger partial charge in [-0.05, 0) is 140 Å². The summed E-state index contributed by atoms with van der Waals surface area (Å²) < 4.78 is 6.53. The molecule has 1 amide bonds. The molecule has 0 unspecified atom stereocenters. The summed E-state index contributed by atoms with van der Waals surface area (Å²) in [7, 11) is 2.27. The van der Waals surface area contributed by atoms with E-state index in [0.717, 1.165) is 35.6 Å².